The van der Waals surface area contributed by atoms with Crippen molar-refractivity contribution in [3.63, 3.8) is 0 Å². The van der Waals surface area contributed by atoms with Gasteiger partial charge >= 0.3 is 0 Å². The van der Waals surface area contributed by atoms with Gasteiger partial charge in [-0.1, -0.05) is 36.4 Å². The lowest BCUT2D eigenvalue weighted by atomic mass is 10.1. The average Bonchev–Trinajstić information content (AvgIpc) is 2.71. The van der Waals surface area contributed by atoms with Crippen molar-refractivity contribution in [2.75, 3.05) is 44.4 Å². The van der Waals surface area contributed by atoms with Crippen molar-refractivity contribution in [3.05, 3.63) is 52.6 Å². The molecule has 0 aliphatic rings. The van der Waals surface area contributed by atoms with E-state index in [1.54, 1.807) is 0 Å². The third-order valence-electron chi connectivity index (χ3n) is 3.84. The third-order valence-corrected chi connectivity index (χ3v) is 4.76. The highest BCUT2D eigenvalue weighted by Crippen LogP contribution is 2.25. The van der Waals surface area contributed by atoms with Crippen molar-refractivity contribution in [2.45, 2.75) is 6.10 Å². The number of hydrogen-bond acceptors (Lipinski definition) is 8. The first kappa shape index (κ1) is 22.7. The number of carbonyl (C=O) groups excluding carboxylic acids is 1. The van der Waals surface area contributed by atoms with E-state index in [2.05, 4.69) is 15.5 Å². The molecule has 0 bridgehead atoms. The van der Waals surface area contributed by atoms with Crippen LogP contribution in [0.3, 0.4) is 0 Å². The molecule has 3 N–H and O–H groups in total. The highest BCUT2D eigenvalue weighted by atomic mass is 32.2. The summed E-state index contributed by atoms with van der Waals surface area (Å²) < 4.78 is 5.74. The van der Waals surface area contributed by atoms with E-state index in [1.807, 2.05) is 42.5 Å². The smallest absolute Gasteiger partial charge is 0.294 e. The van der Waals surface area contributed by atoms with Gasteiger partial charge in [0.1, 0.15) is 25.1 Å². The van der Waals surface area contributed by atoms with Gasteiger partial charge in [-0.05, 0) is 11.5 Å². The summed E-state index contributed by atoms with van der Waals surface area (Å²) in [5, 5.41) is 27.0. The molecule has 158 valence electrons. The molecule has 2 aromatic carbocycles. The maximum atomic E-state index is 11.6. The van der Waals surface area contributed by atoms with Crippen LogP contribution in [-0.2, 0) is 9.63 Å². The molecule has 29 heavy (non-hydrogen) atoms. The average molecular weight is 423 g/mol. The molecule has 0 saturated carbocycles. The van der Waals surface area contributed by atoms with E-state index < -0.39 is 11.2 Å². The molecular weight excluding hydrogens is 398 g/mol. The summed E-state index contributed by atoms with van der Waals surface area (Å²) in [4.78, 5) is 25.7. The summed E-state index contributed by atoms with van der Waals surface area (Å²) in [7, 11) is 0. The number of ether oxygens (including phenoxy) is 1. The summed E-state index contributed by atoms with van der Waals surface area (Å²) in [5.41, 5.74) is 0. The lowest BCUT2D eigenvalue weighted by Crippen LogP contribution is -2.37. The Morgan fingerprint density at radius 3 is 2.83 bits per heavy atom. The molecule has 0 fully saturated rings. The number of amides is 1. The monoisotopic (exact) mass is 423 g/mol. The summed E-state index contributed by atoms with van der Waals surface area (Å²) in [5.74, 6) is 1.16. The minimum atomic E-state index is -0.853. The number of hydrogen-bond donors (Lipinski definition) is 3. The number of nitrogens with zero attached hydrogens (tertiary/aromatic N) is 1. The van der Waals surface area contributed by atoms with E-state index in [-0.39, 0.29) is 24.9 Å². The lowest BCUT2D eigenvalue weighted by molar-refractivity contribution is -0.756. The van der Waals surface area contributed by atoms with Crippen LogP contribution in [0.25, 0.3) is 10.8 Å². The number of fused-ring (bicyclic) bond motifs is 1. The highest BCUT2D eigenvalue weighted by Gasteiger charge is 2.07. The molecule has 0 heterocycles. The van der Waals surface area contributed by atoms with E-state index in [0.29, 0.717) is 25.4 Å². The number of rotatable bonds is 14. The SMILES string of the molecule is O=C(CSCCO[N+](=O)[O-])NCCNCC(O)COc1cccc2ccccc12. The van der Waals surface area contributed by atoms with Crippen molar-refractivity contribution in [1.82, 2.24) is 10.6 Å². The Balaban J connectivity index is 1.53. The van der Waals surface area contributed by atoms with Gasteiger partial charge in [0.25, 0.3) is 5.09 Å². The Bertz CT molecular complexity index is 786. The fourth-order valence-electron chi connectivity index (χ4n) is 2.51. The predicted octanol–water partition coefficient (Wildman–Crippen LogP) is 1.23. The molecule has 0 radical (unpaired) electrons. The Labute approximate surface area is 172 Å². The molecule has 9 nitrogen and oxygen atoms in total. The fraction of sp³-hybridized carbons (Fsp3) is 0.421. The molecule has 1 atom stereocenters. The molecule has 1 amide bonds. The summed E-state index contributed by atoms with van der Waals surface area (Å²) in [6.45, 7) is 1.39. The minimum Gasteiger partial charge on any atom is -0.490 e. The van der Waals surface area contributed by atoms with Crippen molar-refractivity contribution < 1.29 is 24.6 Å². The van der Waals surface area contributed by atoms with Crippen LogP contribution in [0.15, 0.2) is 42.5 Å². The second-order valence-corrected chi connectivity index (χ2v) is 7.21. The molecular formula is C19H25N3O6S. The van der Waals surface area contributed by atoms with E-state index in [1.165, 1.54) is 11.8 Å². The Hall–Kier alpha value is -2.56. The van der Waals surface area contributed by atoms with Crippen LogP contribution < -0.4 is 15.4 Å². The van der Waals surface area contributed by atoms with Gasteiger partial charge in [-0.2, -0.15) is 11.8 Å². The van der Waals surface area contributed by atoms with Gasteiger partial charge in [0.15, 0.2) is 0 Å². The van der Waals surface area contributed by atoms with Gasteiger partial charge in [-0.15, -0.1) is 10.1 Å². The number of aliphatic hydroxyl groups is 1. The molecule has 2 rings (SSSR count). The van der Waals surface area contributed by atoms with Gasteiger partial charge in [0.2, 0.25) is 5.91 Å². The van der Waals surface area contributed by atoms with Crippen molar-refractivity contribution in [1.29, 1.82) is 0 Å². The Kier molecular flexibility index (Phi) is 10.0. The van der Waals surface area contributed by atoms with Crippen LogP contribution in [-0.4, -0.2) is 66.6 Å². The molecule has 0 aromatic heterocycles. The van der Waals surface area contributed by atoms with Gasteiger partial charge < -0.3 is 25.3 Å². The predicted molar refractivity (Wildman–Crippen MR) is 112 cm³/mol. The van der Waals surface area contributed by atoms with Crippen LogP contribution in [0.5, 0.6) is 5.75 Å². The van der Waals surface area contributed by atoms with Crippen molar-refractivity contribution >= 4 is 28.4 Å². The van der Waals surface area contributed by atoms with Gasteiger partial charge in [0.05, 0.1) is 5.75 Å². The Morgan fingerprint density at radius 1 is 1.21 bits per heavy atom. The van der Waals surface area contributed by atoms with Crippen LogP contribution in [0, 0.1) is 10.1 Å². The van der Waals surface area contributed by atoms with Crippen LogP contribution >= 0.6 is 11.8 Å². The van der Waals surface area contributed by atoms with Crippen LogP contribution in [0.2, 0.25) is 0 Å². The minimum absolute atomic E-state index is 0.0365. The van der Waals surface area contributed by atoms with Crippen LogP contribution in [0.4, 0.5) is 0 Å². The zero-order chi connectivity index (χ0) is 20.9. The molecule has 0 aliphatic heterocycles. The summed E-state index contributed by atoms with van der Waals surface area (Å²) >= 11 is 1.26. The van der Waals surface area contributed by atoms with E-state index in [4.69, 9.17) is 4.74 Å². The topological polar surface area (TPSA) is 123 Å². The van der Waals surface area contributed by atoms with Gasteiger partial charge in [-0.3, -0.25) is 4.79 Å². The number of aliphatic hydroxyl groups excluding tert-OH is 1. The second kappa shape index (κ2) is 12.8. The molecule has 1 unspecified atom stereocenters. The lowest BCUT2D eigenvalue weighted by Gasteiger charge is -2.14. The standard InChI is InChI=1S/C19H25N3O6S/c23-16(13-27-18-7-3-5-15-4-1-2-6-17(15)18)12-20-8-9-21-19(24)14-29-11-10-28-22(25)26/h1-7,16,20,23H,8-14H2,(H,21,24). The van der Waals surface area contributed by atoms with Gasteiger partial charge in [0, 0.05) is 30.8 Å². The first-order valence-electron chi connectivity index (χ1n) is 9.17. The van der Waals surface area contributed by atoms with E-state index in [9.17, 15) is 20.0 Å². The number of carbonyl (C=O) groups is 1. The molecule has 0 saturated heterocycles. The molecule has 0 spiro atoms. The van der Waals surface area contributed by atoms with Crippen LogP contribution in [0.1, 0.15) is 0 Å². The first-order chi connectivity index (χ1) is 14.1. The molecule has 2 aromatic rings. The summed E-state index contributed by atoms with van der Waals surface area (Å²) in [6, 6.07) is 13.7. The highest BCUT2D eigenvalue weighted by molar-refractivity contribution is 7.99. The quantitative estimate of drug-likeness (QED) is 0.236. The van der Waals surface area contributed by atoms with E-state index >= 15 is 0 Å². The third kappa shape index (κ3) is 8.99. The normalized spacial score (nSPS) is 11.8. The maximum absolute atomic E-state index is 11.6. The maximum Gasteiger partial charge on any atom is 0.294 e. The van der Waals surface area contributed by atoms with E-state index in [0.717, 1.165) is 16.5 Å². The molecule has 0 aliphatic carbocycles. The van der Waals surface area contributed by atoms with Crippen molar-refractivity contribution in [2.24, 2.45) is 0 Å². The zero-order valence-corrected chi connectivity index (χ0v) is 16.7. The largest absolute Gasteiger partial charge is 0.490 e. The first-order valence-corrected chi connectivity index (χ1v) is 10.3. The van der Waals surface area contributed by atoms with Gasteiger partial charge in [-0.25, -0.2) is 0 Å². The zero-order valence-electron chi connectivity index (χ0n) is 15.9. The molecule has 10 heteroatoms. The number of benzene rings is 2. The number of thioether (sulfide) groups is 1. The Morgan fingerprint density at radius 2 is 2.00 bits per heavy atom. The van der Waals surface area contributed by atoms with Crippen molar-refractivity contribution in [3.8, 4) is 5.75 Å². The fourth-order valence-corrected chi connectivity index (χ4v) is 3.14. The second-order valence-electron chi connectivity index (χ2n) is 6.11. The summed E-state index contributed by atoms with van der Waals surface area (Å²) in [6.07, 6.45) is -0.679. The number of nitrogens with one attached hydrogen (secondary N) is 2.